The fourth-order valence-electron chi connectivity index (χ4n) is 2.93. The monoisotopic (exact) mass is 400 g/mol. The average Bonchev–Trinajstić information content (AvgIpc) is 3.24. The lowest BCUT2D eigenvalue weighted by Crippen LogP contribution is -2.22. The number of hydrogen-bond acceptors (Lipinski definition) is 4. The van der Waals surface area contributed by atoms with Crippen LogP contribution in [-0.2, 0) is 4.79 Å². The van der Waals surface area contributed by atoms with Crippen molar-refractivity contribution in [2.75, 3.05) is 5.32 Å². The predicted octanol–water partition coefficient (Wildman–Crippen LogP) is 5.26. The lowest BCUT2D eigenvalue weighted by molar-refractivity contribution is -0.115. The van der Waals surface area contributed by atoms with Gasteiger partial charge in [0, 0.05) is 16.8 Å². The summed E-state index contributed by atoms with van der Waals surface area (Å²) in [5, 5.41) is 10.4. The van der Waals surface area contributed by atoms with E-state index in [1.807, 2.05) is 91.9 Å². The average molecular weight is 401 g/mol. The molecule has 0 aliphatic heterocycles. The number of carbonyl (C=O) groups is 1. The number of anilines is 1. The molecule has 0 aliphatic rings. The Labute approximate surface area is 173 Å². The first-order valence-corrected chi connectivity index (χ1v) is 10.2. The third kappa shape index (κ3) is 4.55. The number of benzene rings is 3. The van der Waals surface area contributed by atoms with Gasteiger partial charge in [0.25, 0.3) is 0 Å². The molecular weight excluding hydrogens is 380 g/mol. The van der Waals surface area contributed by atoms with Crippen LogP contribution in [0.25, 0.3) is 22.5 Å². The number of thioether (sulfide) groups is 1. The summed E-state index contributed by atoms with van der Waals surface area (Å²) in [6, 6.07) is 27.6. The second-order valence-electron chi connectivity index (χ2n) is 6.49. The number of nitrogens with zero attached hydrogens (tertiary/aromatic N) is 2. The van der Waals surface area contributed by atoms with Gasteiger partial charge in [-0.1, -0.05) is 90.6 Å². The Balaban J connectivity index is 1.46. The van der Waals surface area contributed by atoms with Gasteiger partial charge in [0.05, 0.1) is 5.25 Å². The molecule has 3 aromatic carbocycles. The summed E-state index contributed by atoms with van der Waals surface area (Å²) in [5.41, 5.74) is 3.80. The van der Waals surface area contributed by atoms with E-state index in [2.05, 4.69) is 20.5 Å². The predicted molar refractivity (Wildman–Crippen MR) is 118 cm³/mol. The molecule has 1 atom stereocenters. The minimum atomic E-state index is -0.349. The van der Waals surface area contributed by atoms with Crippen molar-refractivity contribution in [3.8, 4) is 22.5 Å². The molecule has 144 valence electrons. The number of hydrogen-bond donors (Lipinski definition) is 2. The van der Waals surface area contributed by atoms with E-state index in [4.69, 9.17) is 0 Å². The normalized spacial score (nSPS) is 11.8. The van der Waals surface area contributed by atoms with E-state index in [-0.39, 0.29) is 11.2 Å². The number of aromatic nitrogens is 3. The van der Waals surface area contributed by atoms with Crippen LogP contribution in [0.15, 0.2) is 90.1 Å². The Morgan fingerprint density at radius 2 is 1.52 bits per heavy atom. The van der Waals surface area contributed by atoms with Gasteiger partial charge in [0.15, 0.2) is 5.82 Å². The number of rotatable bonds is 6. The molecule has 6 heteroatoms. The number of amides is 1. The van der Waals surface area contributed by atoms with E-state index in [0.29, 0.717) is 11.0 Å². The van der Waals surface area contributed by atoms with E-state index >= 15 is 0 Å². The SMILES string of the molecule is CC(Sc1n[nH]c(-c2ccccc2)n1)C(=O)Nc1ccccc1-c1ccccc1. The van der Waals surface area contributed by atoms with Gasteiger partial charge in [-0.05, 0) is 18.6 Å². The van der Waals surface area contributed by atoms with E-state index in [1.165, 1.54) is 11.8 Å². The molecule has 0 saturated carbocycles. The summed E-state index contributed by atoms with van der Waals surface area (Å²) in [4.78, 5) is 17.3. The third-order valence-corrected chi connectivity index (χ3v) is 5.39. The van der Waals surface area contributed by atoms with E-state index in [0.717, 1.165) is 22.4 Å². The van der Waals surface area contributed by atoms with E-state index in [1.54, 1.807) is 0 Å². The molecule has 4 aromatic rings. The van der Waals surface area contributed by atoms with Crippen LogP contribution in [0.5, 0.6) is 0 Å². The summed E-state index contributed by atoms with van der Waals surface area (Å²) < 4.78 is 0. The van der Waals surface area contributed by atoms with Crippen LogP contribution in [0.2, 0.25) is 0 Å². The molecule has 4 rings (SSSR count). The molecule has 1 amide bonds. The van der Waals surface area contributed by atoms with Gasteiger partial charge in [-0.25, -0.2) is 4.98 Å². The molecule has 5 nitrogen and oxygen atoms in total. The molecule has 0 radical (unpaired) electrons. The quantitative estimate of drug-likeness (QED) is 0.433. The van der Waals surface area contributed by atoms with Crippen LogP contribution in [0, 0.1) is 0 Å². The molecule has 1 unspecified atom stereocenters. The molecule has 2 N–H and O–H groups in total. The van der Waals surface area contributed by atoms with Crippen molar-refractivity contribution in [1.82, 2.24) is 15.2 Å². The molecule has 0 bridgehead atoms. The number of H-pyrrole nitrogens is 1. The molecular formula is C23H20N4OS. The van der Waals surface area contributed by atoms with Crippen molar-refractivity contribution < 1.29 is 4.79 Å². The maximum atomic E-state index is 12.8. The Morgan fingerprint density at radius 1 is 0.897 bits per heavy atom. The second kappa shape index (κ2) is 8.75. The number of para-hydroxylation sites is 1. The topological polar surface area (TPSA) is 70.7 Å². The van der Waals surface area contributed by atoms with Gasteiger partial charge in [-0.3, -0.25) is 9.89 Å². The zero-order valence-electron chi connectivity index (χ0n) is 15.9. The Bertz CT molecular complexity index is 1100. The van der Waals surface area contributed by atoms with Crippen LogP contribution in [0.3, 0.4) is 0 Å². The maximum absolute atomic E-state index is 12.8. The second-order valence-corrected chi connectivity index (χ2v) is 7.80. The van der Waals surface area contributed by atoms with Gasteiger partial charge < -0.3 is 5.32 Å². The number of carbonyl (C=O) groups excluding carboxylic acids is 1. The number of nitrogens with one attached hydrogen (secondary N) is 2. The summed E-state index contributed by atoms with van der Waals surface area (Å²) in [6.45, 7) is 1.85. The lowest BCUT2D eigenvalue weighted by Gasteiger charge is -2.14. The summed E-state index contributed by atoms with van der Waals surface area (Å²) >= 11 is 1.32. The van der Waals surface area contributed by atoms with Gasteiger partial charge >= 0.3 is 0 Å². The zero-order chi connectivity index (χ0) is 20.1. The largest absolute Gasteiger partial charge is 0.325 e. The first kappa shape index (κ1) is 19.0. The molecule has 0 spiro atoms. The minimum absolute atomic E-state index is 0.0931. The first-order chi connectivity index (χ1) is 14.2. The standard InChI is InChI=1S/C23H20N4OS/c1-16(29-23-25-21(26-27-23)18-12-6-3-7-13-18)22(28)24-20-15-9-8-14-19(20)17-10-4-2-5-11-17/h2-16H,1H3,(H,24,28)(H,25,26,27). The van der Waals surface area contributed by atoms with Crippen molar-refractivity contribution in [1.29, 1.82) is 0 Å². The highest BCUT2D eigenvalue weighted by molar-refractivity contribution is 8.00. The van der Waals surface area contributed by atoms with Crippen LogP contribution < -0.4 is 5.32 Å². The highest BCUT2D eigenvalue weighted by Crippen LogP contribution is 2.29. The van der Waals surface area contributed by atoms with Crippen molar-refractivity contribution in [2.45, 2.75) is 17.3 Å². The van der Waals surface area contributed by atoms with Gasteiger partial charge in [-0.2, -0.15) is 0 Å². The van der Waals surface area contributed by atoms with Gasteiger partial charge in [0.2, 0.25) is 11.1 Å². The molecule has 0 aliphatic carbocycles. The van der Waals surface area contributed by atoms with Gasteiger partial charge in [-0.15, -0.1) is 5.10 Å². The lowest BCUT2D eigenvalue weighted by atomic mass is 10.0. The van der Waals surface area contributed by atoms with E-state index < -0.39 is 0 Å². The highest BCUT2D eigenvalue weighted by Gasteiger charge is 2.19. The minimum Gasteiger partial charge on any atom is -0.325 e. The van der Waals surface area contributed by atoms with Gasteiger partial charge in [0.1, 0.15) is 0 Å². The van der Waals surface area contributed by atoms with E-state index in [9.17, 15) is 4.79 Å². The Kier molecular flexibility index (Phi) is 5.72. The first-order valence-electron chi connectivity index (χ1n) is 9.30. The highest BCUT2D eigenvalue weighted by atomic mass is 32.2. The van der Waals surface area contributed by atoms with Crippen molar-refractivity contribution in [3.63, 3.8) is 0 Å². The Morgan fingerprint density at radius 3 is 2.24 bits per heavy atom. The third-order valence-electron chi connectivity index (χ3n) is 4.43. The molecule has 0 fully saturated rings. The Hall–Kier alpha value is -3.38. The van der Waals surface area contributed by atoms with Crippen LogP contribution in [-0.4, -0.2) is 26.3 Å². The summed E-state index contributed by atoms with van der Waals surface area (Å²) in [6.07, 6.45) is 0. The zero-order valence-corrected chi connectivity index (χ0v) is 16.7. The molecule has 1 aromatic heterocycles. The molecule has 1 heterocycles. The van der Waals surface area contributed by atoms with Crippen LogP contribution in [0.4, 0.5) is 5.69 Å². The molecule has 29 heavy (non-hydrogen) atoms. The summed E-state index contributed by atoms with van der Waals surface area (Å²) in [7, 11) is 0. The van der Waals surface area contributed by atoms with Crippen LogP contribution in [0.1, 0.15) is 6.92 Å². The van der Waals surface area contributed by atoms with Crippen molar-refractivity contribution in [2.24, 2.45) is 0 Å². The molecule has 0 saturated heterocycles. The van der Waals surface area contributed by atoms with Crippen molar-refractivity contribution in [3.05, 3.63) is 84.9 Å². The summed E-state index contributed by atoms with van der Waals surface area (Å²) in [5.74, 6) is 0.597. The maximum Gasteiger partial charge on any atom is 0.237 e. The van der Waals surface area contributed by atoms with Crippen molar-refractivity contribution >= 4 is 23.4 Å². The fourth-order valence-corrected chi connectivity index (χ4v) is 3.66. The fraction of sp³-hybridized carbons (Fsp3) is 0.0870. The number of aromatic amines is 1. The van der Waals surface area contributed by atoms with Crippen LogP contribution >= 0.6 is 11.8 Å². The smallest absolute Gasteiger partial charge is 0.237 e.